The second-order valence-electron chi connectivity index (χ2n) is 5.73. The molecule has 1 radical (unpaired) electrons. The first-order chi connectivity index (χ1) is 11.4. The zero-order chi connectivity index (χ0) is 18.4. The number of nitrogens with zero attached hydrogens (tertiary/aromatic N) is 3. The third kappa shape index (κ3) is 7.42. The molecule has 0 aliphatic carbocycles. The van der Waals surface area contributed by atoms with Gasteiger partial charge in [-0.1, -0.05) is 51.4 Å². The van der Waals surface area contributed by atoms with Crippen LogP contribution in [-0.2, 0) is 4.79 Å². The van der Waals surface area contributed by atoms with Crippen LogP contribution in [0.1, 0.15) is 77.0 Å². The summed E-state index contributed by atoms with van der Waals surface area (Å²) in [4.78, 5) is 38.0. The molecule has 0 saturated carbocycles. The summed E-state index contributed by atoms with van der Waals surface area (Å²) in [7, 11) is 0. The molecule has 0 atom stereocenters. The van der Waals surface area contributed by atoms with Gasteiger partial charge in [0.15, 0.2) is 27.5 Å². The van der Waals surface area contributed by atoms with Crippen LogP contribution in [0.4, 0.5) is 0 Å². The lowest BCUT2D eigenvalue weighted by Gasteiger charge is -2.08. The van der Waals surface area contributed by atoms with E-state index in [2.05, 4.69) is 0 Å². The van der Waals surface area contributed by atoms with Crippen LogP contribution in [0.25, 0.3) is 0 Å². The lowest BCUT2D eigenvalue weighted by molar-refractivity contribution is -0.970. The Morgan fingerprint density at radius 2 is 0.958 bits per heavy atom. The fourth-order valence-electron chi connectivity index (χ4n) is 2.45. The summed E-state index contributed by atoms with van der Waals surface area (Å²) in [5, 5.41) is 32.2. The van der Waals surface area contributed by atoms with Gasteiger partial charge in [0.1, 0.15) is 0 Å². The number of nitro groups is 3. The van der Waals surface area contributed by atoms with E-state index < -0.39 is 27.0 Å². The number of hydrogen-bond donors (Lipinski definition) is 0. The van der Waals surface area contributed by atoms with Gasteiger partial charge in [0, 0.05) is 6.42 Å². The van der Waals surface area contributed by atoms with E-state index >= 15 is 0 Å². The molecule has 10 heteroatoms. The molecule has 0 saturated heterocycles. The minimum absolute atomic E-state index is 0.0745. The fourth-order valence-corrected chi connectivity index (χ4v) is 2.45. The highest BCUT2D eigenvalue weighted by Crippen LogP contribution is 2.21. The van der Waals surface area contributed by atoms with Crippen molar-refractivity contribution in [3.63, 3.8) is 0 Å². The van der Waals surface area contributed by atoms with Crippen molar-refractivity contribution >= 4 is 6.29 Å². The molecule has 0 aromatic carbocycles. The molecule has 0 aromatic rings. The molecule has 24 heavy (non-hydrogen) atoms. The monoisotopic (exact) mass is 346 g/mol. The van der Waals surface area contributed by atoms with Gasteiger partial charge < -0.3 is 0 Å². The second kappa shape index (κ2) is 12.3. The Labute approximate surface area is 140 Å². The van der Waals surface area contributed by atoms with Gasteiger partial charge in [0.05, 0.1) is 0 Å². The summed E-state index contributed by atoms with van der Waals surface area (Å²) in [6, 6.07) is 0. The maximum absolute atomic E-state index is 10.7. The lowest BCUT2D eigenvalue weighted by Crippen LogP contribution is -2.53. The van der Waals surface area contributed by atoms with Crippen molar-refractivity contribution in [3.05, 3.63) is 30.3 Å². The van der Waals surface area contributed by atoms with Gasteiger partial charge >= 0.3 is 5.79 Å². The van der Waals surface area contributed by atoms with Crippen molar-refractivity contribution < 1.29 is 19.6 Å². The molecule has 10 nitrogen and oxygen atoms in total. The SMILES string of the molecule is O=[C]CCCCCCCCCCCCC([N+](=O)[O-])([N+](=O)[O-])[N+](=O)[O-]. The van der Waals surface area contributed by atoms with E-state index in [4.69, 9.17) is 0 Å². The lowest BCUT2D eigenvalue weighted by atomic mass is 10.0. The normalized spacial score (nSPS) is 11.2. The van der Waals surface area contributed by atoms with Crippen LogP contribution in [0.15, 0.2) is 0 Å². The average molecular weight is 346 g/mol. The first kappa shape index (κ1) is 21.9. The van der Waals surface area contributed by atoms with Gasteiger partial charge in [-0.25, -0.2) is 0 Å². The number of carbonyl (C=O) groups excluding carboxylic acids is 1. The minimum atomic E-state index is -3.32. The van der Waals surface area contributed by atoms with E-state index in [9.17, 15) is 35.1 Å². The highest BCUT2D eigenvalue weighted by atomic mass is 16.7. The van der Waals surface area contributed by atoms with Crippen molar-refractivity contribution in [2.45, 2.75) is 82.8 Å². The fraction of sp³-hybridized carbons (Fsp3) is 0.929. The van der Waals surface area contributed by atoms with Crippen molar-refractivity contribution in [3.8, 4) is 0 Å². The van der Waals surface area contributed by atoms with Gasteiger partial charge in [0.25, 0.3) is 0 Å². The maximum atomic E-state index is 10.7. The van der Waals surface area contributed by atoms with Crippen molar-refractivity contribution in [2.75, 3.05) is 0 Å². The Morgan fingerprint density at radius 1 is 0.625 bits per heavy atom. The van der Waals surface area contributed by atoms with Crippen LogP contribution in [0.3, 0.4) is 0 Å². The topological polar surface area (TPSA) is 146 Å². The quantitative estimate of drug-likeness (QED) is 0.180. The summed E-state index contributed by atoms with van der Waals surface area (Å²) in [5.41, 5.74) is 0. The van der Waals surface area contributed by atoms with E-state index in [0.29, 0.717) is 12.8 Å². The first-order valence-corrected chi connectivity index (χ1v) is 8.18. The van der Waals surface area contributed by atoms with Crippen LogP contribution < -0.4 is 0 Å². The minimum Gasteiger partial charge on any atom is -0.291 e. The molecule has 0 unspecified atom stereocenters. The van der Waals surface area contributed by atoms with E-state index in [0.717, 1.165) is 51.4 Å². The smallest absolute Gasteiger partial charge is 0.291 e. The molecule has 0 rings (SSSR count). The summed E-state index contributed by atoms with van der Waals surface area (Å²) in [6.07, 6.45) is 9.91. The molecule has 0 spiro atoms. The van der Waals surface area contributed by atoms with E-state index in [1.165, 1.54) is 0 Å². The van der Waals surface area contributed by atoms with Crippen LogP contribution in [0.2, 0.25) is 0 Å². The van der Waals surface area contributed by atoms with Gasteiger partial charge in [-0.3, -0.25) is 35.1 Å². The summed E-state index contributed by atoms with van der Waals surface area (Å²) in [6.45, 7) is 0. The van der Waals surface area contributed by atoms with Gasteiger partial charge in [0.2, 0.25) is 0 Å². The molecule has 0 amide bonds. The number of hydrogen-bond acceptors (Lipinski definition) is 7. The molecular formula is C14H24N3O7. The molecular weight excluding hydrogens is 322 g/mol. The Hall–Kier alpha value is -2.13. The summed E-state index contributed by atoms with van der Waals surface area (Å²) < 4.78 is 0. The molecule has 137 valence electrons. The van der Waals surface area contributed by atoms with Crippen molar-refractivity contribution in [2.24, 2.45) is 0 Å². The van der Waals surface area contributed by atoms with Crippen LogP contribution in [-0.4, -0.2) is 26.8 Å². The zero-order valence-corrected chi connectivity index (χ0v) is 13.7. The van der Waals surface area contributed by atoms with E-state index in [1.54, 1.807) is 0 Å². The highest BCUT2D eigenvalue weighted by Gasteiger charge is 2.69. The van der Waals surface area contributed by atoms with Gasteiger partial charge in [-0.15, -0.1) is 0 Å². The van der Waals surface area contributed by atoms with E-state index in [-0.39, 0.29) is 6.42 Å². The van der Waals surface area contributed by atoms with Gasteiger partial charge in [-0.05, 0) is 12.8 Å². The molecule has 0 aromatic heterocycles. The van der Waals surface area contributed by atoms with Crippen LogP contribution in [0, 0.1) is 30.3 Å². The number of rotatable bonds is 16. The predicted molar refractivity (Wildman–Crippen MR) is 84.8 cm³/mol. The van der Waals surface area contributed by atoms with Crippen LogP contribution >= 0.6 is 0 Å². The second-order valence-corrected chi connectivity index (χ2v) is 5.73. The van der Waals surface area contributed by atoms with Crippen molar-refractivity contribution in [1.29, 1.82) is 0 Å². The molecule has 0 aliphatic heterocycles. The highest BCUT2D eigenvalue weighted by molar-refractivity contribution is 5.50. The first-order valence-electron chi connectivity index (χ1n) is 8.18. The predicted octanol–water partition coefficient (Wildman–Crippen LogP) is 3.26. The molecule has 0 aliphatic rings. The van der Waals surface area contributed by atoms with Gasteiger partial charge in [-0.2, -0.15) is 0 Å². The largest absolute Gasteiger partial charge is 0.699 e. The summed E-state index contributed by atoms with van der Waals surface area (Å²) in [5.74, 6) is -3.32. The Kier molecular flexibility index (Phi) is 11.2. The van der Waals surface area contributed by atoms with E-state index in [1.807, 2.05) is 6.29 Å². The Morgan fingerprint density at radius 3 is 1.29 bits per heavy atom. The molecule has 0 N–H and O–H groups in total. The Balaban J connectivity index is 3.81. The standard InChI is InChI=1S/C14H24N3O7/c18-13-11-9-7-5-3-1-2-4-6-8-10-12-14(15(19)20,16(21)22)17(23)24/h1-12H2. The average Bonchev–Trinajstić information content (AvgIpc) is 2.51. The summed E-state index contributed by atoms with van der Waals surface area (Å²) >= 11 is 0. The van der Waals surface area contributed by atoms with Crippen LogP contribution in [0.5, 0.6) is 0 Å². The third-order valence-electron chi connectivity index (χ3n) is 3.92. The molecule has 0 bridgehead atoms. The Bertz CT molecular complexity index is 393. The maximum Gasteiger partial charge on any atom is 0.699 e. The van der Waals surface area contributed by atoms with Crippen molar-refractivity contribution in [1.82, 2.24) is 0 Å². The molecule has 0 heterocycles. The molecule has 0 fully saturated rings. The third-order valence-corrected chi connectivity index (χ3v) is 3.92. The number of unbranched alkanes of at least 4 members (excludes halogenated alkanes) is 10. The zero-order valence-electron chi connectivity index (χ0n) is 13.7.